The Kier molecular flexibility index (Phi) is 7.59. The Balaban J connectivity index is 1.56. The highest BCUT2D eigenvalue weighted by molar-refractivity contribution is 8.00. The van der Waals surface area contributed by atoms with Crippen LogP contribution in [0.5, 0.6) is 5.75 Å². The number of benzene rings is 3. The third kappa shape index (κ3) is 6.50. The largest absolute Gasteiger partial charge is 0.494 e. The van der Waals surface area contributed by atoms with Gasteiger partial charge in [-0.3, -0.25) is 9.52 Å². The number of nitrogens with one attached hydrogen (secondary N) is 2. The number of sulfonamides is 1. The van der Waals surface area contributed by atoms with Crippen LogP contribution in [0.3, 0.4) is 0 Å². The van der Waals surface area contributed by atoms with Crippen molar-refractivity contribution in [2.24, 2.45) is 0 Å². The van der Waals surface area contributed by atoms with E-state index >= 15 is 0 Å². The van der Waals surface area contributed by atoms with E-state index in [-0.39, 0.29) is 16.1 Å². The summed E-state index contributed by atoms with van der Waals surface area (Å²) in [6, 6.07) is 22.3. The van der Waals surface area contributed by atoms with Gasteiger partial charge in [-0.2, -0.15) is 0 Å². The van der Waals surface area contributed by atoms with E-state index in [1.807, 2.05) is 26.0 Å². The van der Waals surface area contributed by atoms with Gasteiger partial charge in [-0.25, -0.2) is 8.42 Å². The Hall–Kier alpha value is -2.97. The fourth-order valence-corrected chi connectivity index (χ4v) is 4.67. The molecular formula is C23H24N2O4S2. The molecule has 0 saturated carbocycles. The van der Waals surface area contributed by atoms with Crippen molar-refractivity contribution in [3.63, 3.8) is 0 Å². The van der Waals surface area contributed by atoms with Crippen LogP contribution in [0.2, 0.25) is 0 Å². The second-order valence-electron chi connectivity index (χ2n) is 6.65. The Morgan fingerprint density at radius 2 is 1.55 bits per heavy atom. The molecule has 1 amide bonds. The third-order valence-electron chi connectivity index (χ3n) is 4.27. The van der Waals surface area contributed by atoms with Gasteiger partial charge in [0.25, 0.3) is 10.0 Å². The summed E-state index contributed by atoms with van der Waals surface area (Å²) in [5, 5.41) is 2.55. The zero-order chi connectivity index (χ0) is 22.3. The zero-order valence-corrected chi connectivity index (χ0v) is 18.9. The first-order chi connectivity index (χ1) is 14.9. The highest BCUT2D eigenvalue weighted by Crippen LogP contribution is 2.27. The van der Waals surface area contributed by atoms with E-state index in [0.717, 1.165) is 10.6 Å². The maximum absolute atomic E-state index is 12.5. The highest BCUT2D eigenvalue weighted by Gasteiger charge is 2.16. The number of rotatable bonds is 9. The summed E-state index contributed by atoms with van der Waals surface area (Å²) in [6.07, 6.45) is 0. The molecule has 0 spiro atoms. The zero-order valence-electron chi connectivity index (χ0n) is 17.2. The molecule has 0 radical (unpaired) electrons. The van der Waals surface area contributed by atoms with E-state index in [1.165, 1.54) is 23.9 Å². The molecule has 0 aliphatic carbocycles. The minimum atomic E-state index is -3.63. The predicted molar refractivity (Wildman–Crippen MR) is 125 cm³/mol. The van der Waals surface area contributed by atoms with Gasteiger partial charge in [0.05, 0.1) is 16.8 Å². The van der Waals surface area contributed by atoms with E-state index in [0.29, 0.717) is 18.0 Å². The van der Waals surface area contributed by atoms with Gasteiger partial charge < -0.3 is 10.1 Å². The first kappa shape index (κ1) is 22.7. The van der Waals surface area contributed by atoms with Crippen molar-refractivity contribution in [3.8, 4) is 5.75 Å². The van der Waals surface area contributed by atoms with Crippen LogP contribution < -0.4 is 14.8 Å². The van der Waals surface area contributed by atoms with E-state index in [1.54, 1.807) is 54.6 Å². The maximum Gasteiger partial charge on any atom is 0.261 e. The second kappa shape index (κ2) is 10.4. The molecule has 0 aliphatic rings. The van der Waals surface area contributed by atoms with Crippen LogP contribution in [0.4, 0.5) is 11.4 Å². The van der Waals surface area contributed by atoms with E-state index in [9.17, 15) is 13.2 Å². The predicted octanol–water partition coefficient (Wildman–Crippen LogP) is 5.01. The normalized spacial score (nSPS) is 12.1. The summed E-state index contributed by atoms with van der Waals surface area (Å²) in [5.41, 5.74) is 1.16. The van der Waals surface area contributed by atoms with Gasteiger partial charge in [-0.15, -0.1) is 11.8 Å². The van der Waals surface area contributed by atoms with Crippen LogP contribution in [0.15, 0.2) is 88.7 Å². The van der Waals surface area contributed by atoms with Crippen LogP contribution in [-0.2, 0) is 14.8 Å². The van der Waals surface area contributed by atoms with Gasteiger partial charge in [0, 0.05) is 16.3 Å². The molecule has 0 heterocycles. The van der Waals surface area contributed by atoms with E-state index < -0.39 is 10.0 Å². The lowest BCUT2D eigenvalue weighted by Gasteiger charge is -2.13. The average Bonchev–Trinajstić information content (AvgIpc) is 2.77. The highest BCUT2D eigenvalue weighted by atomic mass is 32.2. The van der Waals surface area contributed by atoms with E-state index in [4.69, 9.17) is 4.74 Å². The number of hydrogen-bond acceptors (Lipinski definition) is 5. The molecule has 2 N–H and O–H groups in total. The number of anilines is 2. The average molecular weight is 457 g/mol. The van der Waals surface area contributed by atoms with Gasteiger partial charge in [-0.05, 0) is 74.5 Å². The minimum absolute atomic E-state index is 0.122. The van der Waals surface area contributed by atoms with Crippen molar-refractivity contribution in [1.29, 1.82) is 0 Å². The van der Waals surface area contributed by atoms with Crippen LogP contribution in [-0.4, -0.2) is 26.2 Å². The van der Waals surface area contributed by atoms with Gasteiger partial charge >= 0.3 is 0 Å². The molecule has 0 saturated heterocycles. The van der Waals surface area contributed by atoms with Crippen molar-refractivity contribution in [2.45, 2.75) is 28.9 Å². The summed E-state index contributed by atoms with van der Waals surface area (Å²) in [4.78, 5) is 13.5. The number of carbonyl (C=O) groups excluding carboxylic acids is 1. The molecule has 162 valence electrons. The van der Waals surface area contributed by atoms with Crippen LogP contribution in [0.1, 0.15) is 13.8 Å². The Morgan fingerprint density at radius 1 is 0.935 bits per heavy atom. The number of hydrogen-bond donors (Lipinski definition) is 2. The molecule has 3 rings (SSSR count). The third-order valence-corrected chi connectivity index (χ3v) is 6.78. The van der Waals surface area contributed by atoms with Crippen molar-refractivity contribution in [1.82, 2.24) is 0 Å². The Bertz CT molecular complexity index is 1100. The summed E-state index contributed by atoms with van der Waals surface area (Å²) in [5.74, 6) is 0.633. The lowest BCUT2D eigenvalue weighted by molar-refractivity contribution is -0.115. The molecule has 3 aromatic rings. The SMILES string of the molecule is CCOc1ccc(NC(=O)C(C)Sc2ccc(NS(=O)(=O)c3ccccc3)cc2)cc1. The number of amides is 1. The number of carbonyl (C=O) groups is 1. The molecule has 1 unspecified atom stereocenters. The quantitative estimate of drug-likeness (QED) is 0.443. The lowest BCUT2D eigenvalue weighted by atomic mass is 10.3. The molecule has 31 heavy (non-hydrogen) atoms. The molecule has 0 fully saturated rings. The van der Waals surface area contributed by atoms with Crippen LogP contribution in [0, 0.1) is 0 Å². The van der Waals surface area contributed by atoms with Gasteiger partial charge in [0.15, 0.2) is 0 Å². The second-order valence-corrected chi connectivity index (χ2v) is 9.75. The summed E-state index contributed by atoms with van der Waals surface area (Å²) < 4.78 is 32.8. The fourth-order valence-electron chi connectivity index (χ4n) is 2.72. The first-order valence-corrected chi connectivity index (χ1v) is 12.1. The van der Waals surface area contributed by atoms with E-state index in [2.05, 4.69) is 10.0 Å². The molecule has 0 aromatic heterocycles. The topological polar surface area (TPSA) is 84.5 Å². The van der Waals surface area contributed by atoms with Gasteiger partial charge in [-0.1, -0.05) is 18.2 Å². The molecular weight excluding hydrogens is 432 g/mol. The molecule has 0 bridgehead atoms. The molecule has 0 aliphatic heterocycles. The first-order valence-electron chi connectivity index (χ1n) is 9.75. The van der Waals surface area contributed by atoms with Crippen molar-refractivity contribution >= 4 is 39.1 Å². The van der Waals surface area contributed by atoms with Crippen molar-refractivity contribution < 1.29 is 17.9 Å². The Labute approximate surface area is 187 Å². The summed E-state index contributed by atoms with van der Waals surface area (Å²) in [6.45, 7) is 4.33. The van der Waals surface area contributed by atoms with Crippen molar-refractivity contribution in [3.05, 3.63) is 78.9 Å². The molecule has 8 heteroatoms. The van der Waals surface area contributed by atoms with Crippen LogP contribution in [0.25, 0.3) is 0 Å². The minimum Gasteiger partial charge on any atom is -0.494 e. The fraction of sp³-hybridized carbons (Fsp3) is 0.174. The lowest BCUT2D eigenvalue weighted by Crippen LogP contribution is -2.22. The molecule has 6 nitrogen and oxygen atoms in total. The van der Waals surface area contributed by atoms with Crippen molar-refractivity contribution in [2.75, 3.05) is 16.6 Å². The Morgan fingerprint density at radius 3 is 2.16 bits per heavy atom. The van der Waals surface area contributed by atoms with Gasteiger partial charge in [0.1, 0.15) is 5.75 Å². The molecule has 1 atom stereocenters. The summed E-state index contributed by atoms with van der Waals surface area (Å²) >= 11 is 1.39. The monoisotopic (exact) mass is 456 g/mol. The van der Waals surface area contributed by atoms with Gasteiger partial charge in [0.2, 0.25) is 5.91 Å². The number of thioether (sulfide) groups is 1. The molecule has 3 aromatic carbocycles. The standard InChI is InChI=1S/C23H24N2O4S2/c1-3-29-20-13-9-18(10-14-20)24-23(26)17(2)30-21-15-11-19(12-16-21)25-31(27,28)22-7-5-4-6-8-22/h4-17,25H,3H2,1-2H3,(H,24,26). The maximum atomic E-state index is 12.5. The summed E-state index contributed by atoms with van der Waals surface area (Å²) in [7, 11) is -3.63. The smallest absolute Gasteiger partial charge is 0.261 e. The number of ether oxygens (including phenoxy) is 1. The van der Waals surface area contributed by atoms with Crippen LogP contribution >= 0.6 is 11.8 Å².